The fourth-order valence-corrected chi connectivity index (χ4v) is 5.10. The molecule has 1 aromatic heterocycles. The highest BCUT2D eigenvalue weighted by molar-refractivity contribution is 5.83. The summed E-state index contributed by atoms with van der Waals surface area (Å²) < 4.78 is 16.9. The maximum atomic E-state index is 5.66. The SMILES string of the molecule is COc1cc2c(cc1OC)[C@H](CCc1c[nH]c3ccccc13)N(N1CCOCC1)CC2. The predicted molar refractivity (Wildman–Crippen MR) is 122 cm³/mol. The molecular formula is C25H31N3O3. The molecule has 2 aliphatic rings. The lowest BCUT2D eigenvalue weighted by molar-refractivity contribution is -0.119. The molecule has 164 valence electrons. The quantitative estimate of drug-likeness (QED) is 0.653. The summed E-state index contributed by atoms with van der Waals surface area (Å²) in [6.07, 6.45) is 5.24. The first-order valence-corrected chi connectivity index (χ1v) is 11.2. The molecule has 0 spiro atoms. The Morgan fingerprint density at radius 3 is 2.61 bits per heavy atom. The molecule has 31 heavy (non-hydrogen) atoms. The highest BCUT2D eigenvalue weighted by atomic mass is 16.5. The zero-order chi connectivity index (χ0) is 21.2. The van der Waals surface area contributed by atoms with E-state index in [4.69, 9.17) is 14.2 Å². The van der Waals surface area contributed by atoms with Gasteiger partial charge in [0.15, 0.2) is 11.5 Å². The maximum Gasteiger partial charge on any atom is 0.161 e. The number of aryl methyl sites for hydroxylation is 1. The first-order valence-electron chi connectivity index (χ1n) is 11.2. The number of benzene rings is 2. The number of morpholine rings is 1. The van der Waals surface area contributed by atoms with E-state index < -0.39 is 0 Å². The zero-order valence-corrected chi connectivity index (χ0v) is 18.4. The summed E-state index contributed by atoms with van der Waals surface area (Å²) in [6.45, 7) is 4.51. The molecule has 1 N–H and O–H groups in total. The molecule has 0 unspecified atom stereocenters. The van der Waals surface area contributed by atoms with Crippen molar-refractivity contribution < 1.29 is 14.2 Å². The number of para-hydroxylation sites is 1. The Bertz CT molecular complexity index is 1040. The van der Waals surface area contributed by atoms with Gasteiger partial charge in [0, 0.05) is 36.7 Å². The van der Waals surface area contributed by atoms with Crippen molar-refractivity contribution in [1.29, 1.82) is 0 Å². The topological polar surface area (TPSA) is 50.0 Å². The van der Waals surface area contributed by atoms with E-state index in [2.05, 4.69) is 57.6 Å². The molecule has 6 heteroatoms. The molecular weight excluding hydrogens is 390 g/mol. The second kappa shape index (κ2) is 8.91. The van der Waals surface area contributed by atoms with Crippen LogP contribution in [0.25, 0.3) is 10.9 Å². The summed E-state index contributed by atoms with van der Waals surface area (Å²) in [4.78, 5) is 3.43. The van der Waals surface area contributed by atoms with E-state index in [1.165, 1.54) is 27.6 Å². The summed E-state index contributed by atoms with van der Waals surface area (Å²) >= 11 is 0. The normalized spacial score (nSPS) is 20.0. The molecule has 0 bridgehead atoms. The monoisotopic (exact) mass is 421 g/mol. The summed E-state index contributed by atoms with van der Waals surface area (Å²) in [7, 11) is 3.43. The van der Waals surface area contributed by atoms with Gasteiger partial charge in [0.25, 0.3) is 0 Å². The number of rotatable bonds is 6. The van der Waals surface area contributed by atoms with Crippen LogP contribution in [0.15, 0.2) is 42.6 Å². The molecule has 0 amide bonds. The van der Waals surface area contributed by atoms with Gasteiger partial charge in [0.05, 0.1) is 33.5 Å². The Labute approximate surface area is 183 Å². The van der Waals surface area contributed by atoms with Gasteiger partial charge >= 0.3 is 0 Å². The van der Waals surface area contributed by atoms with Crippen molar-refractivity contribution in [3.05, 3.63) is 59.3 Å². The van der Waals surface area contributed by atoms with Crippen LogP contribution in [0.4, 0.5) is 0 Å². The zero-order valence-electron chi connectivity index (χ0n) is 18.4. The molecule has 0 radical (unpaired) electrons. The number of aromatic amines is 1. The molecule has 5 rings (SSSR count). The number of hydrogen-bond acceptors (Lipinski definition) is 5. The molecule has 2 aliphatic heterocycles. The second-order valence-corrected chi connectivity index (χ2v) is 8.30. The number of nitrogens with one attached hydrogen (secondary N) is 1. The molecule has 3 aromatic rings. The molecule has 1 saturated heterocycles. The Morgan fingerprint density at radius 1 is 1.03 bits per heavy atom. The van der Waals surface area contributed by atoms with E-state index >= 15 is 0 Å². The Balaban J connectivity index is 1.48. The molecule has 0 aliphatic carbocycles. The van der Waals surface area contributed by atoms with Gasteiger partial charge in [0.2, 0.25) is 0 Å². The van der Waals surface area contributed by atoms with Crippen molar-refractivity contribution in [2.75, 3.05) is 47.1 Å². The van der Waals surface area contributed by atoms with Gasteiger partial charge in [-0.2, -0.15) is 0 Å². The van der Waals surface area contributed by atoms with E-state index in [9.17, 15) is 0 Å². The number of hydrazine groups is 1. The standard InChI is InChI=1S/C25H31N3O3/c1-29-24-15-18-9-10-28(27-11-13-31-14-12-27)23(21(18)16-25(24)30-2)8-7-19-17-26-22-6-4-3-5-20(19)22/h3-6,15-17,23,26H,7-14H2,1-2H3/t23-/m0/s1. The first kappa shape index (κ1) is 20.4. The van der Waals surface area contributed by atoms with Crippen LogP contribution in [0, 0.1) is 0 Å². The number of nitrogens with zero attached hydrogens (tertiary/aromatic N) is 2. The van der Waals surface area contributed by atoms with Gasteiger partial charge in [-0.25, -0.2) is 10.0 Å². The lowest BCUT2D eigenvalue weighted by Crippen LogP contribution is -2.52. The number of methoxy groups -OCH3 is 2. The van der Waals surface area contributed by atoms with Crippen LogP contribution in [0.3, 0.4) is 0 Å². The first-order chi connectivity index (χ1) is 15.3. The van der Waals surface area contributed by atoms with Gasteiger partial charge in [-0.15, -0.1) is 0 Å². The van der Waals surface area contributed by atoms with E-state index in [0.29, 0.717) is 6.04 Å². The van der Waals surface area contributed by atoms with Gasteiger partial charge in [0.1, 0.15) is 0 Å². The van der Waals surface area contributed by atoms with Crippen LogP contribution in [0.5, 0.6) is 11.5 Å². The number of ether oxygens (including phenoxy) is 3. The second-order valence-electron chi connectivity index (χ2n) is 8.30. The lowest BCUT2D eigenvalue weighted by atomic mass is 9.89. The average Bonchev–Trinajstić information content (AvgIpc) is 3.25. The largest absolute Gasteiger partial charge is 0.493 e. The highest BCUT2D eigenvalue weighted by Crippen LogP contribution is 2.41. The van der Waals surface area contributed by atoms with Crippen molar-refractivity contribution in [2.24, 2.45) is 0 Å². The summed E-state index contributed by atoms with van der Waals surface area (Å²) in [5.74, 6) is 1.62. The predicted octanol–water partition coefficient (Wildman–Crippen LogP) is 3.96. The fourth-order valence-electron chi connectivity index (χ4n) is 5.10. The van der Waals surface area contributed by atoms with Gasteiger partial charge in [-0.1, -0.05) is 18.2 Å². The van der Waals surface area contributed by atoms with Crippen LogP contribution in [-0.4, -0.2) is 62.1 Å². The van der Waals surface area contributed by atoms with Crippen LogP contribution >= 0.6 is 0 Å². The van der Waals surface area contributed by atoms with Crippen LogP contribution in [-0.2, 0) is 17.6 Å². The molecule has 2 aromatic carbocycles. The fraction of sp³-hybridized carbons (Fsp3) is 0.440. The minimum Gasteiger partial charge on any atom is -0.493 e. The Morgan fingerprint density at radius 2 is 1.81 bits per heavy atom. The smallest absolute Gasteiger partial charge is 0.161 e. The molecule has 0 saturated carbocycles. The minimum absolute atomic E-state index is 0.301. The number of hydrogen-bond donors (Lipinski definition) is 1. The van der Waals surface area contributed by atoms with Crippen molar-refractivity contribution in [3.8, 4) is 11.5 Å². The van der Waals surface area contributed by atoms with Gasteiger partial charge in [-0.3, -0.25) is 0 Å². The summed E-state index contributed by atoms with van der Waals surface area (Å²) in [6, 6.07) is 13.2. The van der Waals surface area contributed by atoms with Crippen molar-refractivity contribution in [3.63, 3.8) is 0 Å². The van der Waals surface area contributed by atoms with Crippen LogP contribution in [0.2, 0.25) is 0 Å². The summed E-state index contributed by atoms with van der Waals surface area (Å²) in [5.41, 5.74) is 5.31. The van der Waals surface area contributed by atoms with Gasteiger partial charge < -0.3 is 19.2 Å². The van der Waals surface area contributed by atoms with Crippen LogP contribution < -0.4 is 9.47 Å². The number of H-pyrrole nitrogens is 1. The Kier molecular flexibility index (Phi) is 5.85. The molecule has 6 nitrogen and oxygen atoms in total. The molecule has 1 fully saturated rings. The third kappa shape index (κ3) is 3.91. The molecule has 1 atom stereocenters. The summed E-state index contributed by atoms with van der Waals surface area (Å²) in [5, 5.41) is 6.39. The number of aromatic nitrogens is 1. The van der Waals surface area contributed by atoms with E-state index in [0.717, 1.165) is 63.6 Å². The molecule has 3 heterocycles. The highest BCUT2D eigenvalue weighted by Gasteiger charge is 2.33. The van der Waals surface area contributed by atoms with E-state index in [1.807, 2.05) is 0 Å². The van der Waals surface area contributed by atoms with Gasteiger partial charge in [-0.05, 0) is 54.2 Å². The third-order valence-corrected chi connectivity index (χ3v) is 6.69. The van der Waals surface area contributed by atoms with Crippen LogP contribution in [0.1, 0.15) is 29.2 Å². The maximum absolute atomic E-state index is 5.66. The van der Waals surface area contributed by atoms with Crippen molar-refractivity contribution in [2.45, 2.75) is 25.3 Å². The van der Waals surface area contributed by atoms with E-state index in [1.54, 1.807) is 14.2 Å². The number of fused-ring (bicyclic) bond motifs is 2. The average molecular weight is 422 g/mol. The minimum atomic E-state index is 0.301. The van der Waals surface area contributed by atoms with Crippen molar-refractivity contribution >= 4 is 10.9 Å². The third-order valence-electron chi connectivity index (χ3n) is 6.69. The van der Waals surface area contributed by atoms with Crippen molar-refractivity contribution in [1.82, 2.24) is 15.0 Å². The lowest BCUT2D eigenvalue weighted by Gasteiger charge is -2.45. The van der Waals surface area contributed by atoms with E-state index in [-0.39, 0.29) is 0 Å². The Hall–Kier alpha value is -2.54.